The van der Waals surface area contributed by atoms with E-state index in [0.29, 0.717) is 30.7 Å². The van der Waals surface area contributed by atoms with E-state index in [9.17, 15) is 18.8 Å². The highest BCUT2D eigenvalue weighted by Crippen LogP contribution is 2.53. The zero-order valence-corrected chi connectivity index (χ0v) is 17.6. The summed E-state index contributed by atoms with van der Waals surface area (Å²) in [5.74, 6) is -3.27. The first-order chi connectivity index (χ1) is 15.5. The van der Waals surface area contributed by atoms with Gasteiger partial charge in [0.25, 0.3) is 0 Å². The molecule has 1 spiro atoms. The quantitative estimate of drug-likeness (QED) is 0.532. The number of carbonyl (C=O) groups excluding carboxylic acids is 3. The minimum Gasteiger partial charge on any atom is -0.385 e. The van der Waals surface area contributed by atoms with E-state index in [-0.39, 0.29) is 12.5 Å². The van der Waals surface area contributed by atoms with Crippen molar-refractivity contribution in [2.45, 2.75) is 24.4 Å². The third-order valence-electron chi connectivity index (χ3n) is 6.80. The number of amides is 3. The molecule has 3 amide bonds. The highest BCUT2D eigenvalue weighted by Gasteiger charge is 2.70. The number of likely N-dealkylation sites (tertiary alicyclic amines) is 1. The highest BCUT2D eigenvalue weighted by molar-refractivity contribution is 6.15. The summed E-state index contributed by atoms with van der Waals surface area (Å²) in [6.45, 7) is 0.641. The number of imide groups is 1. The number of halogens is 1. The van der Waals surface area contributed by atoms with Gasteiger partial charge in [-0.2, -0.15) is 0 Å². The fourth-order valence-corrected chi connectivity index (χ4v) is 5.46. The molecule has 2 fully saturated rings. The van der Waals surface area contributed by atoms with Gasteiger partial charge in [-0.05, 0) is 36.6 Å². The number of rotatable bonds is 6. The number of anilines is 1. The van der Waals surface area contributed by atoms with Crippen molar-refractivity contribution < 1.29 is 23.5 Å². The van der Waals surface area contributed by atoms with Crippen LogP contribution in [-0.4, -0.2) is 48.9 Å². The fraction of sp³-hybridized carbons (Fsp3) is 0.375. The second-order valence-electron chi connectivity index (χ2n) is 8.57. The van der Waals surface area contributed by atoms with Gasteiger partial charge in [0.1, 0.15) is 11.4 Å². The Morgan fingerprint density at radius 1 is 1.09 bits per heavy atom. The van der Waals surface area contributed by atoms with Crippen LogP contribution in [0.1, 0.15) is 17.5 Å². The monoisotopic (exact) mass is 437 g/mol. The van der Waals surface area contributed by atoms with Crippen molar-refractivity contribution >= 4 is 23.4 Å². The molecule has 2 aromatic carbocycles. The lowest BCUT2D eigenvalue weighted by Crippen LogP contribution is -2.53. The maximum absolute atomic E-state index is 14.2. The van der Waals surface area contributed by atoms with Crippen LogP contribution in [0.25, 0.3) is 0 Å². The molecule has 0 radical (unpaired) electrons. The van der Waals surface area contributed by atoms with E-state index >= 15 is 0 Å². The Labute approximate surface area is 184 Å². The molecule has 3 aliphatic rings. The van der Waals surface area contributed by atoms with Crippen molar-refractivity contribution in [2.24, 2.45) is 11.8 Å². The Hall–Kier alpha value is -3.10. The summed E-state index contributed by atoms with van der Waals surface area (Å²) in [5, 5.41) is 6.11. The molecule has 7 nitrogen and oxygen atoms in total. The summed E-state index contributed by atoms with van der Waals surface area (Å²) >= 11 is 0. The van der Waals surface area contributed by atoms with Crippen molar-refractivity contribution in [3.8, 4) is 0 Å². The minimum absolute atomic E-state index is 0.226. The molecular formula is C24H24FN3O4. The first-order valence-electron chi connectivity index (χ1n) is 10.7. The van der Waals surface area contributed by atoms with Crippen molar-refractivity contribution in [3.05, 3.63) is 65.5 Å². The third kappa shape index (κ3) is 2.97. The Morgan fingerprint density at radius 2 is 1.88 bits per heavy atom. The summed E-state index contributed by atoms with van der Waals surface area (Å²) in [5.41, 5.74) is 0.343. The van der Waals surface area contributed by atoms with E-state index in [1.807, 2.05) is 30.3 Å². The molecule has 8 heteroatoms. The number of nitrogens with one attached hydrogen (secondary N) is 2. The molecule has 2 saturated heterocycles. The Balaban J connectivity index is 1.59. The number of nitrogens with zero attached hydrogens (tertiary/aromatic N) is 1. The van der Waals surface area contributed by atoms with Crippen LogP contribution in [0.3, 0.4) is 0 Å². The van der Waals surface area contributed by atoms with Crippen molar-refractivity contribution in [2.75, 3.05) is 25.6 Å². The van der Waals surface area contributed by atoms with Crippen molar-refractivity contribution in [1.29, 1.82) is 0 Å². The van der Waals surface area contributed by atoms with Crippen LogP contribution >= 0.6 is 0 Å². The maximum Gasteiger partial charge on any atom is 0.250 e. The molecule has 0 bridgehead atoms. The Kier molecular flexibility index (Phi) is 5.06. The maximum atomic E-state index is 14.2. The summed E-state index contributed by atoms with van der Waals surface area (Å²) in [4.78, 5) is 41.6. The molecule has 0 unspecified atom stereocenters. The van der Waals surface area contributed by atoms with Gasteiger partial charge in [-0.3, -0.25) is 24.6 Å². The Bertz CT molecular complexity index is 1090. The zero-order valence-electron chi connectivity index (χ0n) is 17.6. The molecule has 4 atom stereocenters. The second kappa shape index (κ2) is 7.79. The standard InChI is InChI=1S/C24H24FN3O4/c1-32-11-5-10-28-21(29)19-18(12-14-6-3-2-4-7-14)27-24(20(19)22(28)30)16-13-15(25)8-9-17(16)26-23(24)31/h2-4,6-9,13,18-20,27H,5,10-12H2,1H3,(H,26,31)/t18-,19-,20+,24+/m1/s1. The molecule has 0 aromatic heterocycles. The number of carbonyl (C=O) groups is 3. The van der Waals surface area contributed by atoms with Crippen LogP contribution in [0.4, 0.5) is 10.1 Å². The number of hydrogen-bond donors (Lipinski definition) is 2. The summed E-state index contributed by atoms with van der Waals surface area (Å²) in [6.07, 6.45) is 0.973. The highest BCUT2D eigenvalue weighted by atomic mass is 19.1. The van der Waals surface area contributed by atoms with Gasteiger partial charge in [0.05, 0.1) is 11.8 Å². The summed E-state index contributed by atoms with van der Waals surface area (Å²) < 4.78 is 19.3. The SMILES string of the molecule is COCCCN1C(=O)[C@H]2[C@@H](C1=O)[C@]1(N[C@@H]2Cc2ccccc2)C(=O)Nc2ccc(F)cc21. The smallest absolute Gasteiger partial charge is 0.250 e. The van der Waals surface area contributed by atoms with Gasteiger partial charge in [-0.15, -0.1) is 0 Å². The number of ether oxygens (including phenoxy) is 1. The number of methoxy groups -OCH3 is 1. The van der Waals surface area contributed by atoms with E-state index in [0.717, 1.165) is 5.56 Å². The molecule has 32 heavy (non-hydrogen) atoms. The largest absolute Gasteiger partial charge is 0.385 e. The molecule has 0 aliphatic carbocycles. The second-order valence-corrected chi connectivity index (χ2v) is 8.57. The third-order valence-corrected chi connectivity index (χ3v) is 6.80. The van der Waals surface area contributed by atoms with Crippen LogP contribution < -0.4 is 10.6 Å². The van der Waals surface area contributed by atoms with Gasteiger partial charge in [0.2, 0.25) is 17.7 Å². The molecule has 0 saturated carbocycles. The average molecular weight is 437 g/mol. The minimum atomic E-state index is -1.48. The molecule has 5 rings (SSSR count). The lowest BCUT2D eigenvalue weighted by Gasteiger charge is -2.29. The van der Waals surface area contributed by atoms with Gasteiger partial charge >= 0.3 is 0 Å². The van der Waals surface area contributed by atoms with Crippen LogP contribution in [-0.2, 0) is 31.1 Å². The van der Waals surface area contributed by atoms with Crippen molar-refractivity contribution in [3.63, 3.8) is 0 Å². The lowest BCUT2D eigenvalue weighted by molar-refractivity contribution is -0.143. The topological polar surface area (TPSA) is 87.7 Å². The summed E-state index contributed by atoms with van der Waals surface area (Å²) in [6, 6.07) is 13.2. The van der Waals surface area contributed by atoms with Gasteiger partial charge in [-0.25, -0.2) is 4.39 Å². The number of benzene rings is 2. The van der Waals surface area contributed by atoms with Crippen molar-refractivity contribution in [1.82, 2.24) is 10.2 Å². The van der Waals surface area contributed by atoms with Crippen LogP contribution in [0, 0.1) is 17.7 Å². The predicted molar refractivity (Wildman–Crippen MR) is 114 cm³/mol. The average Bonchev–Trinajstić information content (AvgIpc) is 3.35. The number of fused-ring (bicyclic) bond motifs is 4. The van der Waals surface area contributed by atoms with E-state index in [1.165, 1.54) is 23.1 Å². The van der Waals surface area contributed by atoms with E-state index in [1.54, 1.807) is 7.11 Å². The zero-order chi connectivity index (χ0) is 22.5. The van der Waals surface area contributed by atoms with E-state index in [4.69, 9.17) is 4.74 Å². The first-order valence-corrected chi connectivity index (χ1v) is 10.7. The first kappa shape index (κ1) is 20.8. The van der Waals surface area contributed by atoms with Gasteiger partial charge in [0, 0.05) is 37.6 Å². The van der Waals surface area contributed by atoms with E-state index in [2.05, 4.69) is 10.6 Å². The van der Waals surface area contributed by atoms with Gasteiger partial charge in [0.15, 0.2) is 0 Å². The molecular weight excluding hydrogens is 413 g/mol. The van der Waals surface area contributed by atoms with Gasteiger partial charge < -0.3 is 10.1 Å². The molecule has 3 aliphatic heterocycles. The molecule has 166 valence electrons. The normalized spacial score (nSPS) is 28.4. The van der Waals surface area contributed by atoms with Crippen LogP contribution in [0.5, 0.6) is 0 Å². The molecule has 2 N–H and O–H groups in total. The number of hydrogen-bond acceptors (Lipinski definition) is 5. The van der Waals surface area contributed by atoms with Crippen LogP contribution in [0.2, 0.25) is 0 Å². The lowest BCUT2D eigenvalue weighted by atomic mass is 9.76. The predicted octanol–water partition coefficient (Wildman–Crippen LogP) is 1.83. The van der Waals surface area contributed by atoms with Gasteiger partial charge in [-0.1, -0.05) is 30.3 Å². The summed E-state index contributed by atoms with van der Waals surface area (Å²) in [7, 11) is 1.56. The molecule has 2 aromatic rings. The Morgan fingerprint density at radius 3 is 2.62 bits per heavy atom. The fourth-order valence-electron chi connectivity index (χ4n) is 5.46. The van der Waals surface area contributed by atoms with E-state index < -0.39 is 41.0 Å². The van der Waals surface area contributed by atoms with Crippen LogP contribution in [0.15, 0.2) is 48.5 Å². The molecule has 3 heterocycles.